The van der Waals surface area contributed by atoms with Crippen molar-refractivity contribution >= 4 is 11.6 Å². The molecule has 0 aromatic heterocycles. The Labute approximate surface area is 122 Å². The molecule has 1 rings (SSSR count). The summed E-state index contributed by atoms with van der Waals surface area (Å²) in [5, 5.41) is 0. The average Bonchev–Trinajstić information content (AvgIpc) is 2.35. The molecule has 0 radical (unpaired) electrons. The topological polar surface area (TPSA) is 46.3 Å². The number of alkyl halides is 3. The fraction of sp³-hybridized carbons (Fsp3) is 0.533. The standard InChI is InChI=1S/C15H21F3N2O/c1-4-13(5-2)20(9-15(16,17)18)14(21)11-6-10(3)7-12(19)8-11/h6-8,13H,4-5,9,19H2,1-3H3. The predicted octanol–water partition coefficient (Wildman–Crippen LogP) is 3.77. The predicted molar refractivity (Wildman–Crippen MR) is 77.1 cm³/mol. The largest absolute Gasteiger partial charge is 0.406 e. The molecule has 21 heavy (non-hydrogen) atoms. The maximum atomic E-state index is 12.8. The zero-order valence-corrected chi connectivity index (χ0v) is 12.5. The first-order valence-electron chi connectivity index (χ1n) is 6.92. The fourth-order valence-corrected chi connectivity index (χ4v) is 2.39. The Morgan fingerprint density at radius 3 is 2.24 bits per heavy atom. The van der Waals surface area contributed by atoms with Gasteiger partial charge in [-0.1, -0.05) is 13.8 Å². The maximum absolute atomic E-state index is 12.8. The van der Waals surface area contributed by atoms with Crippen molar-refractivity contribution in [2.75, 3.05) is 12.3 Å². The van der Waals surface area contributed by atoms with E-state index in [2.05, 4.69) is 0 Å². The monoisotopic (exact) mass is 302 g/mol. The van der Waals surface area contributed by atoms with Crippen molar-refractivity contribution in [2.45, 2.75) is 45.8 Å². The summed E-state index contributed by atoms with van der Waals surface area (Å²) in [6.07, 6.45) is -3.48. The van der Waals surface area contributed by atoms with Crippen molar-refractivity contribution in [1.29, 1.82) is 0 Å². The number of halogens is 3. The van der Waals surface area contributed by atoms with Crippen LogP contribution in [0.3, 0.4) is 0 Å². The number of anilines is 1. The molecule has 0 bridgehead atoms. The third-order valence-corrected chi connectivity index (χ3v) is 3.34. The van der Waals surface area contributed by atoms with Gasteiger partial charge in [-0.05, 0) is 43.5 Å². The third-order valence-electron chi connectivity index (χ3n) is 3.34. The molecular formula is C15H21F3N2O. The normalized spacial score (nSPS) is 11.8. The Balaban J connectivity index is 3.14. The second-order valence-corrected chi connectivity index (χ2v) is 5.15. The number of hydrogen-bond donors (Lipinski definition) is 1. The molecule has 0 heterocycles. The van der Waals surface area contributed by atoms with E-state index in [1.165, 1.54) is 6.07 Å². The molecule has 3 nitrogen and oxygen atoms in total. The zero-order valence-electron chi connectivity index (χ0n) is 12.5. The number of hydrogen-bond acceptors (Lipinski definition) is 2. The third kappa shape index (κ3) is 4.95. The second-order valence-electron chi connectivity index (χ2n) is 5.15. The van der Waals surface area contributed by atoms with E-state index >= 15 is 0 Å². The molecule has 6 heteroatoms. The lowest BCUT2D eigenvalue weighted by Gasteiger charge is -2.31. The molecule has 1 amide bonds. The van der Waals surface area contributed by atoms with Crippen LogP contribution in [-0.2, 0) is 0 Å². The van der Waals surface area contributed by atoms with Gasteiger partial charge < -0.3 is 10.6 Å². The lowest BCUT2D eigenvalue weighted by molar-refractivity contribution is -0.144. The molecule has 0 unspecified atom stereocenters. The van der Waals surface area contributed by atoms with E-state index in [1.54, 1.807) is 32.9 Å². The van der Waals surface area contributed by atoms with E-state index < -0.39 is 24.7 Å². The number of carbonyl (C=O) groups is 1. The average molecular weight is 302 g/mol. The summed E-state index contributed by atoms with van der Waals surface area (Å²) < 4.78 is 38.3. The van der Waals surface area contributed by atoms with E-state index in [1.807, 2.05) is 0 Å². The van der Waals surface area contributed by atoms with Crippen LogP contribution < -0.4 is 5.73 Å². The molecule has 0 saturated heterocycles. The number of rotatable bonds is 5. The van der Waals surface area contributed by atoms with Gasteiger partial charge in [0.2, 0.25) is 0 Å². The van der Waals surface area contributed by atoms with Gasteiger partial charge >= 0.3 is 6.18 Å². The number of amides is 1. The Morgan fingerprint density at radius 1 is 1.24 bits per heavy atom. The van der Waals surface area contributed by atoms with Crippen LogP contribution in [0.1, 0.15) is 42.6 Å². The SMILES string of the molecule is CCC(CC)N(CC(F)(F)F)C(=O)c1cc(C)cc(N)c1. The molecule has 0 fully saturated rings. The molecule has 0 atom stereocenters. The minimum Gasteiger partial charge on any atom is -0.399 e. The van der Waals surface area contributed by atoms with E-state index in [-0.39, 0.29) is 5.56 Å². The van der Waals surface area contributed by atoms with Gasteiger partial charge in [-0.25, -0.2) is 0 Å². The molecule has 0 aliphatic rings. The highest BCUT2D eigenvalue weighted by molar-refractivity contribution is 5.95. The summed E-state index contributed by atoms with van der Waals surface area (Å²) in [6.45, 7) is 4.05. The van der Waals surface area contributed by atoms with E-state index in [4.69, 9.17) is 5.73 Å². The summed E-state index contributed by atoms with van der Waals surface area (Å²) in [6, 6.07) is 4.20. The molecule has 0 aliphatic carbocycles. The van der Waals surface area contributed by atoms with Crippen LogP contribution in [-0.4, -0.2) is 29.6 Å². The van der Waals surface area contributed by atoms with Crippen LogP contribution >= 0.6 is 0 Å². The molecule has 1 aromatic carbocycles. The quantitative estimate of drug-likeness (QED) is 0.842. The van der Waals surface area contributed by atoms with Crippen LogP contribution in [0.5, 0.6) is 0 Å². The molecule has 1 aromatic rings. The number of nitrogen functional groups attached to an aromatic ring is 1. The minimum atomic E-state index is -4.42. The Morgan fingerprint density at radius 2 is 1.81 bits per heavy atom. The van der Waals surface area contributed by atoms with Gasteiger partial charge in [0.25, 0.3) is 5.91 Å². The minimum absolute atomic E-state index is 0.198. The van der Waals surface area contributed by atoms with Crippen LogP contribution in [0.15, 0.2) is 18.2 Å². The fourth-order valence-electron chi connectivity index (χ4n) is 2.39. The second kappa shape index (κ2) is 6.83. The van der Waals surface area contributed by atoms with Gasteiger partial charge in [0.05, 0.1) is 0 Å². The Kier molecular flexibility index (Phi) is 5.63. The number of nitrogens with two attached hydrogens (primary N) is 1. The molecular weight excluding hydrogens is 281 g/mol. The first-order valence-corrected chi connectivity index (χ1v) is 6.92. The van der Waals surface area contributed by atoms with Crippen molar-refractivity contribution in [3.8, 4) is 0 Å². The summed E-state index contributed by atoms with van der Waals surface area (Å²) in [7, 11) is 0. The highest BCUT2D eigenvalue weighted by Gasteiger charge is 2.36. The molecule has 118 valence electrons. The molecule has 0 saturated carbocycles. The van der Waals surface area contributed by atoms with Crippen molar-refractivity contribution < 1.29 is 18.0 Å². The first-order chi connectivity index (χ1) is 9.67. The first kappa shape index (κ1) is 17.3. The number of nitrogens with zero attached hydrogens (tertiary/aromatic N) is 1. The maximum Gasteiger partial charge on any atom is 0.406 e. The lowest BCUT2D eigenvalue weighted by Crippen LogP contribution is -2.45. The van der Waals surface area contributed by atoms with Crippen molar-refractivity contribution in [3.63, 3.8) is 0 Å². The summed E-state index contributed by atoms with van der Waals surface area (Å²) in [4.78, 5) is 13.4. The highest BCUT2D eigenvalue weighted by atomic mass is 19.4. The Hall–Kier alpha value is -1.72. The van der Waals surface area contributed by atoms with Crippen molar-refractivity contribution in [2.24, 2.45) is 0 Å². The zero-order chi connectivity index (χ0) is 16.2. The van der Waals surface area contributed by atoms with Crippen LogP contribution in [0.25, 0.3) is 0 Å². The number of carbonyl (C=O) groups excluding carboxylic acids is 1. The van der Waals surface area contributed by atoms with Gasteiger partial charge in [-0.2, -0.15) is 13.2 Å². The van der Waals surface area contributed by atoms with Crippen molar-refractivity contribution in [3.05, 3.63) is 29.3 Å². The van der Waals surface area contributed by atoms with Crippen molar-refractivity contribution in [1.82, 2.24) is 4.90 Å². The van der Waals surface area contributed by atoms with Gasteiger partial charge in [-0.15, -0.1) is 0 Å². The van der Waals surface area contributed by atoms with E-state index in [0.717, 1.165) is 10.5 Å². The van der Waals surface area contributed by atoms with Gasteiger partial charge in [0, 0.05) is 17.3 Å². The van der Waals surface area contributed by atoms with Gasteiger partial charge in [0.1, 0.15) is 6.54 Å². The lowest BCUT2D eigenvalue weighted by atomic mass is 10.1. The summed E-state index contributed by atoms with van der Waals surface area (Å²) in [5.74, 6) is -0.628. The molecule has 0 spiro atoms. The van der Waals surface area contributed by atoms with E-state index in [0.29, 0.717) is 18.5 Å². The molecule has 2 N–H and O–H groups in total. The highest BCUT2D eigenvalue weighted by Crippen LogP contribution is 2.23. The van der Waals surface area contributed by atoms with Crippen LogP contribution in [0.2, 0.25) is 0 Å². The number of benzene rings is 1. The smallest absolute Gasteiger partial charge is 0.399 e. The van der Waals surface area contributed by atoms with E-state index in [9.17, 15) is 18.0 Å². The van der Waals surface area contributed by atoms with Gasteiger partial charge in [0.15, 0.2) is 0 Å². The Bertz CT molecular complexity index is 476. The van der Waals surface area contributed by atoms with Crippen LogP contribution in [0, 0.1) is 6.92 Å². The van der Waals surface area contributed by atoms with Gasteiger partial charge in [-0.3, -0.25) is 4.79 Å². The molecule has 0 aliphatic heterocycles. The van der Waals surface area contributed by atoms with Crippen LogP contribution in [0.4, 0.5) is 18.9 Å². The number of aryl methyl sites for hydroxylation is 1. The summed E-state index contributed by atoms with van der Waals surface area (Å²) >= 11 is 0. The summed E-state index contributed by atoms with van der Waals surface area (Å²) in [5.41, 5.74) is 6.99.